The monoisotopic (exact) mass is 278 g/mol. The number of fused-ring (bicyclic) bond motifs is 1. The highest BCUT2D eigenvalue weighted by atomic mass is 35.5. The molecule has 0 bridgehead atoms. The largest absolute Gasteiger partial charge is 0.306 e. The third kappa shape index (κ3) is 2.00. The first-order valence-corrected chi connectivity index (χ1v) is 6.90. The number of rotatable bonds is 3. The summed E-state index contributed by atoms with van der Waals surface area (Å²) < 4.78 is 2.05. The summed E-state index contributed by atoms with van der Waals surface area (Å²) in [7, 11) is 0. The fraction of sp³-hybridized carbons (Fsp3) is 0.250. The number of thiazole rings is 1. The van der Waals surface area contributed by atoms with Gasteiger partial charge in [-0.2, -0.15) is 0 Å². The number of hydrogen-bond acceptors (Lipinski definition) is 4. The van der Waals surface area contributed by atoms with Gasteiger partial charge in [-0.3, -0.25) is 0 Å². The fourth-order valence-electron chi connectivity index (χ4n) is 1.91. The quantitative estimate of drug-likeness (QED) is 0.692. The van der Waals surface area contributed by atoms with E-state index in [1.54, 1.807) is 17.5 Å². The molecular weight excluding hydrogens is 268 g/mol. The summed E-state index contributed by atoms with van der Waals surface area (Å²) in [6.07, 6.45) is 3.67. The van der Waals surface area contributed by atoms with Crippen molar-refractivity contribution >= 4 is 34.1 Å². The Kier molecular flexibility index (Phi) is 3.01. The van der Waals surface area contributed by atoms with Crippen LogP contribution in [0.3, 0.4) is 0 Å². The van der Waals surface area contributed by atoms with Crippen LogP contribution in [-0.2, 0) is 12.4 Å². The number of imidazole rings is 1. The molecule has 0 amide bonds. The van der Waals surface area contributed by atoms with Gasteiger partial charge >= 0.3 is 0 Å². The molecule has 0 radical (unpaired) electrons. The van der Waals surface area contributed by atoms with Gasteiger partial charge in [0.2, 0.25) is 0 Å². The van der Waals surface area contributed by atoms with Gasteiger partial charge in [0.05, 0.1) is 17.4 Å². The van der Waals surface area contributed by atoms with Gasteiger partial charge in [-0.25, -0.2) is 15.0 Å². The Morgan fingerprint density at radius 1 is 1.39 bits per heavy atom. The van der Waals surface area contributed by atoms with Crippen LogP contribution < -0.4 is 0 Å². The van der Waals surface area contributed by atoms with Crippen LogP contribution in [-0.4, -0.2) is 19.5 Å². The van der Waals surface area contributed by atoms with Gasteiger partial charge in [0.25, 0.3) is 0 Å². The smallest absolute Gasteiger partial charge is 0.160 e. The van der Waals surface area contributed by atoms with Crippen molar-refractivity contribution in [2.24, 2.45) is 0 Å². The number of alkyl halides is 1. The van der Waals surface area contributed by atoms with Crippen molar-refractivity contribution in [1.29, 1.82) is 0 Å². The molecule has 0 spiro atoms. The lowest BCUT2D eigenvalue weighted by Crippen LogP contribution is -2.03. The minimum atomic E-state index is 0.383. The highest BCUT2D eigenvalue weighted by Gasteiger charge is 2.11. The third-order valence-electron chi connectivity index (χ3n) is 2.69. The normalized spacial score (nSPS) is 11.2. The zero-order chi connectivity index (χ0) is 12.5. The molecule has 3 heterocycles. The topological polar surface area (TPSA) is 43.6 Å². The van der Waals surface area contributed by atoms with Crippen molar-refractivity contribution in [1.82, 2.24) is 19.5 Å². The van der Waals surface area contributed by atoms with E-state index in [9.17, 15) is 0 Å². The fourth-order valence-corrected chi connectivity index (χ4v) is 2.90. The van der Waals surface area contributed by atoms with Gasteiger partial charge < -0.3 is 4.57 Å². The number of aromatic nitrogens is 4. The lowest BCUT2D eigenvalue weighted by Gasteiger charge is -2.04. The Morgan fingerprint density at radius 2 is 2.28 bits per heavy atom. The van der Waals surface area contributed by atoms with E-state index in [0.29, 0.717) is 5.88 Å². The molecule has 3 rings (SSSR count). The molecule has 0 aromatic carbocycles. The van der Waals surface area contributed by atoms with Crippen LogP contribution in [0.25, 0.3) is 11.2 Å². The molecule has 0 unspecified atom stereocenters. The van der Waals surface area contributed by atoms with Crippen molar-refractivity contribution in [2.45, 2.75) is 19.3 Å². The van der Waals surface area contributed by atoms with Gasteiger partial charge in [-0.1, -0.05) is 0 Å². The predicted octanol–water partition coefficient (Wildman–Crippen LogP) is 2.98. The maximum absolute atomic E-state index is 5.95. The molecule has 0 fully saturated rings. The molecule has 18 heavy (non-hydrogen) atoms. The first-order chi connectivity index (χ1) is 8.78. The molecule has 92 valence electrons. The molecule has 0 N–H and O–H groups in total. The van der Waals surface area contributed by atoms with Crippen LogP contribution >= 0.6 is 22.9 Å². The van der Waals surface area contributed by atoms with Gasteiger partial charge in [0.1, 0.15) is 11.3 Å². The molecule has 3 aromatic heterocycles. The molecule has 0 aliphatic rings. The summed E-state index contributed by atoms with van der Waals surface area (Å²) in [5, 5.41) is 1.06. The Morgan fingerprint density at radius 3 is 3.00 bits per heavy atom. The Balaban J connectivity index is 2.09. The van der Waals surface area contributed by atoms with E-state index in [1.807, 2.05) is 25.3 Å². The number of nitrogens with zero attached hydrogens (tertiary/aromatic N) is 4. The molecule has 0 aliphatic heterocycles. The minimum Gasteiger partial charge on any atom is -0.306 e. The van der Waals surface area contributed by atoms with Crippen molar-refractivity contribution in [3.05, 3.63) is 40.2 Å². The van der Waals surface area contributed by atoms with E-state index < -0.39 is 0 Å². The van der Waals surface area contributed by atoms with Crippen LogP contribution in [0.1, 0.15) is 15.7 Å². The Bertz CT molecular complexity index is 688. The van der Waals surface area contributed by atoms with Crippen molar-refractivity contribution in [3.63, 3.8) is 0 Å². The lowest BCUT2D eigenvalue weighted by atomic mass is 10.4. The van der Waals surface area contributed by atoms with Gasteiger partial charge in [-0.05, 0) is 19.1 Å². The maximum atomic E-state index is 5.95. The standard InChI is InChI=1S/C12H11ClN4S/c1-8-15-6-9(18-8)7-17-11(5-13)16-10-3-2-4-14-12(10)17/h2-4,6H,5,7H2,1H3. The van der Waals surface area contributed by atoms with Gasteiger partial charge in [-0.15, -0.1) is 22.9 Å². The van der Waals surface area contributed by atoms with E-state index in [-0.39, 0.29) is 0 Å². The van der Waals surface area contributed by atoms with Crippen LogP contribution in [0.15, 0.2) is 24.5 Å². The number of hydrogen-bond donors (Lipinski definition) is 0. The average molecular weight is 279 g/mol. The first kappa shape index (κ1) is 11.6. The van der Waals surface area contributed by atoms with Crippen LogP contribution in [0, 0.1) is 6.92 Å². The SMILES string of the molecule is Cc1ncc(Cn2c(CCl)nc3cccnc32)s1. The molecule has 0 saturated carbocycles. The number of halogens is 1. The van der Waals surface area contributed by atoms with Crippen LogP contribution in [0.5, 0.6) is 0 Å². The van der Waals surface area contributed by atoms with Crippen molar-refractivity contribution in [3.8, 4) is 0 Å². The molecular formula is C12H11ClN4S. The molecule has 6 heteroatoms. The molecule has 3 aromatic rings. The van der Waals surface area contributed by atoms with Crippen LogP contribution in [0.4, 0.5) is 0 Å². The summed E-state index contributed by atoms with van der Waals surface area (Å²) in [5.41, 5.74) is 1.76. The zero-order valence-electron chi connectivity index (χ0n) is 9.80. The Labute approximate surface area is 113 Å². The minimum absolute atomic E-state index is 0.383. The van der Waals surface area contributed by atoms with Crippen molar-refractivity contribution < 1.29 is 0 Å². The third-order valence-corrected chi connectivity index (χ3v) is 3.82. The summed E-state index contributed by atoms with van der Waals surface area (Å²) in [6.45, 7) is 2.72. The zero-order valence-corrected chi connectivity index (χ0v) is 11.4. The predicted molar refractivity (Wildman–Crippen MR) is 73.0 cm³/mol. The molecule has 4 nitrogen and oxygen atoms in total. The van der Waals surface area contributed by atoms with E-state index in [0.717, 1.165) is 28.5 Å². The van der Waals surface area contributed by atoms with E-state index in [2.05, 4.69) is 19.5 Å². The van der Waals surface area contributed by atoms with Crippen molar-refractivity contribution in [2.75, 3.05) is 0 Å². The summed E-state index contributed by atoms with van der Waals surface area (Å²) in [6, 6.07) is 3.83. The molecule has 0 saturated heterocycles. The van der Waals surface area contributed by atoms with E-state index in [4.69, 9.17) is 11.6 Å². The summed E-state index contributed by atoms with van der Waals surface area (Å²) in [5.74, 6) is 1.23. The summed E-state index contributed by atoms with van der Waals surface area (Å²) in [4.78, 5) is 14.3. The maximum Gasteiger partial charge on any atom is 0.160 e. The van der Waals surface area contributed by atoms with E-state index in [1.165, 1.54) is 4.88 Å². The molecule has 0 atom stereocenters. The second-order valence-corrected chi connectivity index (χ2v) is 5.53. The Hall–Kier alpha value is -1.46. The second-order valence-electron chi connectivity index (χ2n) is 3.94. The first-order valence-electron chi connectivity index (χ1n) is 5.55. The second kappa shape index (κ2) is 4.66. The van der Waals surface area contributed by atoms with Gasteiger partial charge in [0, 0.05) is 17.3 Å². The van der Waals surface area contributed by atoms with E-state index >= 15 is 0 Å². The summed E-state index contributed by atoms with van der Waals surface area (Å²) >= 11 is 7.63. The number of pyridine rings is 1. The highest BCUT2D eigenvalue weighted by Crippen LogP contribution is 2.19. The molecule has 0 aliphatic carbocycles. The van der Waals surface area contributed by atoms with Crippen LogP contribution in [0.2, 0.25) is 0 Å². The average Bonchev–Trinajstić information content (AvgIpc) is 2.94. The number of aryl methyl sites for hydroxylation is 1. The lowest BCUT2D eigenvalue weighted by molar-refractivity contribution is 0.779. The van der Waals surface area contributed by atoms with Gasteiger partial charge in [0.15, 0.2) is 5.65 Å². The highest BCUT2D eigenvalue weighted by molar-refractivity contribution is 7.11.